The van der Waals surface area contributed by atoms with Crippen molar-refractivity contribution in [3.05, 3.63) is 96.1 Å². The van der Waals surface area contributed by atoms with Crippen LogP contribution >= 0.6 is 0 Å². The van der Waals surface area contributed by atoms with Crippen molar-refractivity contribution in [2.24, 2.45) is 0 Å². The summed E-state index contributed by atoms with van der Waals surface area (Å²) in [5.41, 5.74) is 2.80. The van der Waals surface area contributed by atoms with Gasteiger partial charge in [0.15, 0.2) is 0 Å². The highest BCUT2D eigenvalue weighted by Gasteiger charge is 2.16. The van der Waals surface area contributed by atoms with Crippen molar-refractivity contribution in [1.82, 2.24) is 9.80 Å². The maximum absolute atomic E-state index is 13.1. The van der Waals surface area contributed by atoms with Gasteiger partial charge in [0.1, 0.15) is 12.4 Å². The fraction of sp³-hybridized carbons (Fsp3) is 0.240. The molecular formula is C25H29N3O2. The van der Waals surface area contributed by atoms with Gasteiger partial charge in [-0.2, -0.15) is 0 Å². The largest absolute Gasteiger partial charge is 0.489 e. The molecule has 30 heavy (non-hydrogen) atoms. The molecule has 5 nitrogen and oxygen atoms in total. The molecule has 0 fully saturated rings. The Bertz CT molecular complexity index is 914. The number of hydrogen-bond donors (Lipinski definition) is 1. The number of anilines is 1. The second-order valence-corrected chi connectivity index (χ2v) is 7.40. The summed E-state index contributed by atoms with van der Waals surface area (Å²) in [5.74, 6) is 0.801. The van der Waals surface area contributed by atoms with Crippen LogP contribution in [0.1, 0.15) is 11.1 Å². The van der Waals surface area contributed by atoms with E-state index in [2.05, 4.69) is 10.2 Å². The molecule has 0 aliphatic rings. The van der Waals surface area contributed by atoms with E-state index in [9.17, 15) is 4.79 Å². The summed E-state index contributed by atoms with van der Waals surface area (Å²) in [5, 5.41) is 3.08. The van der Waals surface area contributed by atoms with E-state index >= 15 is 0 Å². The molecule has 0 saturated carbocycles. The van der Waals surface area contributed by atoms with Gasteiger partial charge in [-0.1, -0.05) is 66.7 Å². The van der Waals surface area contributed by atoms with Gasteiger partial charge in [0.05, 0.1) is 0 Å². The number of carbonyl (C=O) groups excluding carboxylic acids is 1. The second kappa shape index (κ2) is 11.0. The third kappa shape index (κ3) is 6.64. The smallest absolute Gasteiger partial charge is 0.322 e. The number of hydrogen-bond acceptors (Lipinski definition) is 3. The highest BCUT2D eigenvalue weighted by Crippen LogP contribution is 2.19. The number of para-hydroxylation sites is 2. The molecule has 0 saturated heterocycles. The van der Waals surface area contributed by atoms with Crippen molar-refractivity contribution < 1.29 is 9.53 Å². The Morgan fingerprint density at radius 3 is 2.17 bits per heavy atom. The zero-order chi connectivity index (χ0) is 21.2. The van der Waals surface area contributed by atoms with Crippen LogP contribution in [0.2, 0.25) is 0 Å². The first-order chi connectivity index (χ1) is 14.6. The Kier molecular flexibility index (Phi) is 7.86. The number of rotatable bonds is 9. The number of nitrogens with zero attached hydrogens (tertiary/aromatic N) is 2. The van der Waals surface area contributed by atoms with E-state index < -0.39 is 0 Å². The summed E-state index contributed by atoms with van der Waals surface area (Å²) < 4.78 is 5.88. The summed E-state index contributed by atoms with van der Waals surface area (Å²) in [6, 6.07) is 27.4. The molecule has 0 radical (unpaired) electrons. The van der Waals surface area contributed by atoms with Crippen LogP contribution in [0.4, 0.5) is 10.5 Å². The average Bonchev–Trinajstić information content (AvgIpc) is 2.77. The van der Waals surface area contributed by atoms with Crippen LogP contribution in [0.25, 0.3) is 0 Å². The van der Waals surface area contributed by atoms with Crippen molar-refractivity contribution in [3.8, 4) is 5.75 Å². The van der Waals surface area contributed by atoms with Crippen LogP contribution in [0.3, 0.4) is 0 Å². The molecule has 1 N–H and O–H groups in total. The van der Waals surface area contributed by atoms with Gasteiger partial charge in [-0.3, -0.25) is 0 Å². The SMILES string of the molecule is CN(C)CCN(Cc1ccccc1)C(=O)Nc1ccccc1COc1ccccc1. The van der Waals surface area contributed by atoms with Gasteiger partial charge in [-0.05, 0) is 37.9 Å². The monoisotopic (exact) mass is 403 g/mol. The Morgan fingerprint density at radius 2 is 1.47 bits per heavy atom. The molecule has 3 aromatic carbocycles. The van der Waals surface area contributed by atoms with Crippen molar-refractivity contribution >= 4 is 11.7 Å². The normalized spacial score (nSPS) is 10.6. The lowest BCUT2D eigenvalue weighted by atomic mass is 10.2. The van der Waals surface area contributed by atoms with E-state index in [0.29, 0.717) is 19.7 Å². The zero-order valence-electron chi connectivity index (χ0n) is 17.6. The molecular weight excluding hydrogens is 374 g/mol. The highest BCUT2D eigenvalue weighted by molar-refractivity contribution is 5.90. The first-order valence-corrected chi connectivity index (χ1v) is 10.1. The number of urea groups is 1. The van der Waals surface area contributed by atoms with Crippen molar-refractivity contribution in [3.63, 3.8) is 0 Å². The molecule has 2 amide bonds. The molecule has 0 heterocycles. The number of benzene rings is 3. The number of carbonyl (C=O) groups is 1. The molecule has 156 valence electrons. The van der Waals surface area contributed by atoms with Crippen LogP contribution in [0, 0.1) is 0 Å². The minimum Gasteiger partial charge on any atom is -0.489 e. The van der Waals surface area contributed by atoms with E-state index in [-0.39, 0.29) is 6.03 Å². The van der Waals surface area contributed by atoms with Gasteiger partial charge in [-0.15, -0.1) is 0 Å². The molecule has 0 aliphatic carbocycles. The lowest BCUT2D eigenvalue weighted by Gasteiger charge is -2.25. The number of nitrogens with one attached hydrogen (secondary N) is 1. The summed E-state index contributed by atoms with van der Waals surface area (Å²) in [6.07, 6.45) is 0. The molecule has 0 aliphatic heterocycles. The Labute approximate surface area is 178 Å². The predicted molar refractivity (Wildman–Crippen MR) is 122 cm³/mol. The van der Waals surface area contributed by atoms with Gasteiger partial charge in [-0.25, -0.2) is 4.79 Å². The van der Waals surface area contributed by atoms with E-state index in [1.165, 1.54) is 0 Å². The Morgan fingerprint density at radius 1 is 0.833 bits per heavy atom. The van der Waals surface area contributed by atoms with Crippen LogP contribution in [-0.2, 0) is 13.2 Å². The van der Waals surface area contributed by atoms with Gasteiger partial charge in [0.25, 0.3) is 0 Å². The predicted octanol–water partition coefficient (Wildman–Crippen LogP) is 4.86. The fourth-order valence-corrected chi connectivity index (χ4v) is 3.02. The van der Waals surface area contributed by atoms with Crippen molar-refractivity contribution in [2.45, 2.75) is 13.2 Å². The van der Waals surface area contributed by atoms with Gasteiger partial charge < -0.3 is 19.9 Å². The maximum atomic E-state index is 13.1. The zero-order valence-corrected chi connectivity index (χ0v) is 17.6. The van der Waals surface area contributed by atoms with Crippen molar-refractivity contribution in [2.75, 3.05) is 32.5 Å². The lowest BCUT2D eigenvalue weighted by molar-refractivity contribution is 0.202. The summed E-state index contributed by atoms with van der Waals surface area (Å²) in [6.45, 7) is 2.37. The fourth-order valence-electron chi connectivity index (χ4n) is 3.02. The average molecular weight is 404 g/mol. The summed E-state index contributed by atoms with van der Waals surface area (Å²) in [7, 11) is 4.02. The third-order valence-corrected chi connectivity index (χ3v) is 4.72. The number of likely N-dealkylation sites (N-methyl/N-ethyl adjacent to an activating group) is 1. The highest BCUT2D eigenvalue weighted by atomic mass is 16.5. The van der Waals surface area contributed by atoms with Gasteiger partial charge in [0, 0.05) is 30.9 Å². The molecule has 0 atom stereocenters. The number of amides is 2. The minimum atomic E-state index is -0.118. The number of ether oxygens (including phenoxy) is 1. The van der Waals surface area contributed by atoms with E-state index in [1.807, 2.05) is 104 Å². The van der Waals surface area contributed by atoms with Gasteiger partial charge >= 0.3 is 6.03 Å². The molecule has 0 bridgehead atoms. The first kappa shape index (κ1) is 21.4. The Hall–Kier alpha value is -3.31. The van der Waals surface area contributed by atoms with E-state index in [4.69, 9.17) is 4.74 Å². The summed E-state index contributed by atoms with van der Waals surface area (Å²) >= 11 is 0. The quantitative estimate of drug-likeness (QED) is 0.555. The lowest BCUT2D eigenvalue weighted by Crippen LogP contribution is -2.39. The topological polar surface area (TPSA) is 44.8 Å². The molecule has 5 heteroatoms. The summed E-state index contributed by atoms with van der Waals surface area (Å²) in [4.78, 5) is 17.0. The molecule has 0 spiro atoms. The first-order valence-electron chi connectivity index (χ1n) is 10.1. The standard InChI is InChI=1S/C25H29N3O2/c1-27(2)17-18-28(19-21-11-5-3-6-12-21)25(29)26-24-16-10-9-13-22(24)20-30-23-14-7-4-8-15-23/h3-16H,17-20H2,1-2H3,(H,26,29). The maximum Gasteiger partial charge on any atom is 0.322 e. The molecule has 0 unspecified atom stereocenters. The minimum absolute atomic E-state index is 0.118. The molecule has 3 aromatic rings. The third-order valence-electron chi connectivity index (χ3n) is 4.72. The van der Waals surface area contributed by atoms with Crippen LogP contribution < -0.4 is 10.1 Å². The van der Waals surface area contributed by atoms with E-state index in [0.717, 1.165) is 29.1 Å². The van der Waals surface area contributed by atoms with Gasteiger partial charge in [0.2, 0.25) is 0 Å². The van der Waals surface area contributed by atoms with Crippen LogP contribution in [0.15, 0.2) is 84.9 Å². The van der Waals surface area contributed by atoms with E-state index in [1.54, 1.807) is 0 Å². The molecule has 0 aromatic heterocycles. The van der Waals surface area contributed by atoms with Crippen LogP contribution in [0.5, 0.6) is 5.75 Å². The van der Waals surface area contributed by atoms with Crippen molar-refractivity contribution in [1.29, 1.82) is 0 Å². The second-order valence-electron chi connectivity index (χ2n) is 7.40. The van der Waals surface area contributed by atoms with Crippen LogP contribution in [-0.4, -0.2) is 43.0 Å². The Balaban J connectivity index is 1.69. The molecule has 3 rings (SSSR count).